The van der Waals surface area contributed by atoms with Crippen LogP contribution >= 0.6 is 0 Å². The zero-order chi connectivity index (χ0) is 16.2. The van der Waals surface area contributed by atoms with E-state index in [1.807, 2.05) is 0 Å². The maximum atomic E-state index is 5.50. The van der Waals surface area contributed by atoms with Crippen molar-refractivity contribution in [3.05, 3.63) is 58.2 Å². The van der Waals surface area contributed by atoms with Gasteiger partial charge in [-0.2, -0.15) is 0 Å². The highest BCUT2D eigenvalue weighted by atomic mass is 16.5. The normalized spacial score (nSPS) is 25.0. The molecule has 0 N–H and O–H groups in total. The first-order valence-corrected chi connectivity index (χ1v) is 8.84. The summed E-state index contributed by atoms with van der Waals surface area (Å²) in [4.78, 5) is 0. The molecule has 0 radical (unpaired) electrons. The predicted molar refractivity (Wildman–Crippen MR) is 96.6 cm³/mol. The predicted octanol–water partition coefficient (Wildman–Crippen LogP) is 5.72. The first kappa shape index (κ1) is 14.8. The molecule has 0 spiro atoms. The summed E-state index contributed by atoms with van der Waals surface area (Å²) in [7, 11) is 1.76. The molecule has 0 fully saturated rings. The second-order valence-corrected chi connectivity index (χ2v) is 7.88. The maximum Gasteiger partial charge on any atom is 0.119 e. The number of fused-ring (bicyclic) bond motifs is 3. The standard InChI is InChI=1S/C22H26O/c1-14-7-10-20-17(6-5-11-22(20,2)3)21-18(14)12-15-8-9-16(23-4)13-19(15)21/h7-10,13-14H,5-6,11-12H2,1-4H3. The maximum absolute atomic E-state index is 5.50. The third-order valence-electron chi connectivity index (χ3n) is 5.97. The molecule has 3 aliphatic carbocycles. The quantitative estimate of drug-likeness (QED) is 0.645. The summed E-state index contributed by atoms with van der Waals surface area (Å²) >= 11 is 0. The van der Waals surface area contributed by atoms with E-state index in [9.17, 15) is 0 Å². The van der Waals surface area contributed by atoms with Gasteiger partial charge in [0, 0.05) is 0 Å². The number of hydrogen-bond donors (Lipinski definition) is 0. The van der Waals surface area contributed by atoms with E-state index in [-0.39, 0.29) is 5.41 Å². The Bertz CT molecular complexity index is 758. The van der Waals surface area contributed by atoms with Gasteiger partial charge in [-0.25, -0.2) is 0 Å². The van der Waals surface area contributed by atoms with Crippen LogP contribution in [0.4, 0.5) is 0 Å². The summed E-state index contributed by atoms with van der Waals surface area (Å²) < 4.78 is 5.50. The van der Waals surface area contributed by atoms with E-state index >= 15 is 0 Å². The van der Waals surface area contributed by atoms with Crippen molar-refractivity contribution < 1.29 is 4.74 Å². The van der Waals surface area contributed by atoms with E-state index in [1.165, 1.54) is 30.4 Å². The van der Waals surface area contributed by atoms with Gasteiger partial charge in [-0.1, -0.05) is 44.6 Å². The number of benzene rings is 1. The molecule has 0 bridgehead atoms. The van der Waals surface area contributed by atoms with Gasteiger partial charge >= 0.3 is 0 Å². The molecule has 1 atom stereocenters. The molecule has 1 heteroatoms. The molecule has 0 aromatic heterocycles. The molecule has 0 saturated heterocycles. The number of allylic oxidation sites excluding steroid dienone is 6. The molecule has 1 aromatic rings. The molecule has 4 rings (SSSR count). The average molecular weight is 306 g/mol. The molecule has 120 valence electrons. The Balaban J connectivity index is 1.96. The Morgan fingerprint density at radius 3 is 2.83 bits per heavy atom. The molecule has 3 aliphatic rings. The highest BCUT2D eigenvalue weighted by Crippen LogP contribution is 2.52. The fraction of sp³-hybridized carbons (Fsp3) is 0.455. The highest BCUT2D eigenvalue weighted by Gasteiger charge is 2.35. The van der Waals surface area contributed by atoms with E-state index in [0.717, 1.165) is 12.2 Å². The van der Waals surface area contributed by atoms with Crippen LogP contribution in [0, 0.1) is 11.3 Å². The van der Waals surface area contributed by atoms with Gasteiger partial charge in [-0.15, -0.1) is 0 Å². The minimum atomic E-state index is 0.286. The summed E-state index contributed by atoms with van der Waals surface area (Å²) in [6, 6.07) is 6.61. The van der Waals surface area contributed by atoms with Crippen LogP contribution in [0.25, 0.3) is 5.57 Å². The van der Waals surface area contributed by atoms with E-state index < -0.39 is 0 Å². The summed E-state index contributed by atoms with van der Waals surface area (Å²) in [6.45, 7) is 7.16. The van der Waals surface area contributed by atoms with E-state index in [1.54, 1.807) is 29.4 Å². The van der Waals surface area contributed by atoms with Crippen molar-refractivity contribution in [2.45, 2.75) is 46.5 Å². The van der Waals surface area contributed by atoms with Gasteiger partial charge in [0.1, 0.15) is 5.75 Å². The first-order chi connectivity index (χ1) is 11.0. The Morgan fingerprint density at radius 2 is 2.04 bits per heavy atom. The van der Waals surface area contributed by atoms with Crippen molar-refractivity contribution >= 4 is 5.57 Å². The highest BCUT2D eigenvalue weighted by molar-refractivity contribution is 5.89. The van der Waals surface area contributed by atoms with E-state index in [2.05, 4.69) is 51.1 Å². The minimum absolute atomic E-state index is 0.286. The second-order valence-electron chi connectivity index (χ2n) is 7.88. The van der Waals surface area contributed by atoms with Crippen molar-refractivity contribution in [1.82, 2.24) is 0 Å². The van der Waals surface area contributed by atoms with Gasteiger partial charge in [0.2, 0.25) is 0 Å². The summed E-state index contributed by atoms with van der Waals surface area (Å²) in [5.41, 5.74) is 9.48. The van der Waals surface area contributed by atoms with Crippen molar-refractivity contribution in [3.63, 3.8) is 0 Å². The lowest BCUT2D eigenvalue weighted by atomic mass is 9.70. The zero-order valence-corrected chi connectivity index (χ0v) is 14.7. The Morgan fingerprint density at radius 1 is 1.22 bits per heavy atom. The van der Waals surface area contributed by atoms with Crippen LogP contribution in [0.1, 0.15) is 51.2 Å². The Hall–Kier alpha value is -1.76. The molecule has 0 aliphatic heterocycles. The number of hydrogen-bond acceptors (Lipinski definition) is 1. The molecule has 1 nitrogen and oxygen atoms in total. The topological polar surface area (TPSA) is 9.23 Å². The SMILES string of the molecule is COc1ccc2c(c1)C1=C(C2)C(C)C=CC2=C1CCCC2(C)C. The minimum Gasteiger partial charge on any atom is -0.497 e. The van der Waals surface area contributed by atoms with Crippen LogP contribution in [0.3, 0.4) is 0 Å². The fourth-order valence-corrected chi connectivity index (χ4v) is 4.61. The lowest BCUT2D eigenvalue weighted by Crippen LogP contribution is -2.20. The number of methoxy groups -OCH3 is 1. The third kappa shape index (κ3) is 2.21. The lowest BCUT2D eigenvalue weighted by molar-refractivity contribution is 0.380. The summed E-state index contributed by atoms with van der Waals surface area (Å²) in [5.74, 6) is 1.49. The monoisotopic (exact) mass is 306 g/mol. The van der Waals surface area contributed by atoms with Crippen LogP contribution in [0.2, 0.25) is 0 Å². The molecule has 0 amide bonds. The van der Waals surface area contributed by atoms with Crippen molar-refractivity contribution in [1.29, 1.82) is 0 Å². The first-order valence-electron chi connectivity index (χ1n) is 8.84. The molecule has 0 heterocycles. The fourth-order valence-electron chi connectivity index (χ4n) is 4.61. The Labute approximate surface area is 139 Å². The van der Waals surface area contributed by atoms with Gasteiger partial charge < -0.3 is 4.74 Å². The van der Waals surface area contributed by atoms with Crippen LogP contribution in [0.5, 0.6) is 5.75 Å². The van der Waals surface area contributed by atoms with Crippen LogP contribution in [0.15, 0.2) is 47.1 Å². The largest absolute Gasteiger partial charge is 0.497 e. The molecule has 1 aromatic carbocycles. The van der Waals surface area contributed by atoms with Crippen molar-refractivity contribution in [2.75, 3.05) is 7.11 Å². The third-order valence-corrected chi connectivity index (χ3v) is 5.97. The second kappa shape index (κ2) is 5.12. The summed E-state index contributed by atoms with van der Waals surface area (Å²) in [5, 5.41) is 0. The zero-order valence-electron chi connectivity index (χ0n) is 14.7. The summed E-state index contributed by atoms with van der Waals surface area (Å²) in [6.07, 6.45) is 9.75. The van der Waals surface area contributed by atoms with Crippen LogP contribution in [-0.4, -0.2) is 7.11 Å². The smallest absolute Gasteiger partial charge is 0.119 e. The Kier molecular flexibility index (Phi) is 3.30. The van der Waals surface area contributed by atoms with Crippen molar-refractivity contribution in [2.24, 2.45) is 11.3 Å². The molecule has 1 unspecified atom stereocenters. The van der Waals surface area contributed by atoms with E-state index in [0.29, 0.717) is 5.92 Å². The van der Waals surface area contributed by atoms with E-state index in [4.69, 9.17) is 4.74 Å². The molecule has 0 saturated carbocycles. The molecular weight excluding hydrogens is 280 g/mol. The molecule has 23 heavy (non-hydrogen) atoms. The van der Waals surface area contributed by atoms with Crippen LogP contribution < -0.4 is 4.74 Å². The van der Waals surface area contributed by atoms with Crippen LogP contribution in [-0.2, 0) is 6.42 Å². The van der Waals surface area contributed by atoms with Gasteiger partial charge in [-0.05, 0) is 77.0 Å². The van der Waals surface area contributed by atoms with Gasteiger partial charge in [0.25, 0.3) is 0 Å². The van der Waals surface area contributed by atoms with Gasteiger partial charge in [0.15, 0.2) is 0 Å². The molecular formula is C22H26O. The number of ether oxygens (including phenoxy) is 1. The van der Waals surface area contributed by atoms with Crippen molar-refractivity contribution in [3.8, 4) is 5.75 Å². The van der Waals surface area contributed by atoms with Gasteiger partial charge in [0.05, 0.1) is 7.11 Å². The number of rotatable bonds is 1. The van der Waals surface area contributed by atoms with Gasteiger partial charge in [-0.3, -0.25) is 0 Å². The average Bonchev–Trinajstić information content (AvgIpc) is 2.84. The lowest BCUT2D eigenvalue weighted by Gasteiger charge is -2.34.